The summed E-state index contributed by atoms with van der Waals surface area (Å²) in [6.07, 6.45) is 4.16. The number of aliphatic hydroxyl groups is 1. The second kappa shape index (κ2) is 6.75. The Labute approximate surface area is 164 Å². The number of aliphatic hydroxyl groups excluding tert-OH is 1. The molecule has 0 fully saturated rings. The van der Waals surface area contributed by atoms with Crippen molar-refractivity contribution in [2.75, 3.05) is 6.61 Å². The van der Waals surface area contributed by atoms with Gasteiger partial charge in [-0.2, -0.15) is 5.10 Å². The lowest BCUT2D eigenvalue weighted by molar-refractivity contribution is 0.280. The summed E-state index contributed by atoms with van der Waals surface area (Å²) in [6.45, 7) is 0.593. The minimum atomic E-state index is -0.407. The molecule has 0 unspecified atom stereocenters. The summed E-state index contributed by atoms with van der Waals surface area (Å²) in [5.74, 6) is 0.0572. The zero-order valence-electron chi connectivity index (χ0n) is 15.4. The molecule has 29 heavy (non-hydrogen) atoms. The maximum absolute atomic E-state index is 14.0. The molecule has 0 amide bonds. The quantitative estimate of drug-likeness (QED) is 0.430. The van der Waals surface area contributed by atoms with Crippen LogP contribution in [0, 0.1) is 5.82 Å². The average molecular weight is 391 g/mol. The van der Waals surface area contributed by atoms with E-state index in [0.29, 0.717) is 29.9 Å². The SMILES string of the molecule is O=c1[nH]nc(-c2c[nH]c3ccccc23)n1-c1cn(CCCO)c2ccc(F)cc12. The van der Waals surface area contributed by atoms with Crippen molar-refractivity contribution in [3.63, 3.8) is 0 Å². The number of rotatable bonds is 5. The van der Waals surface area contributed by atoms with E-state index in [1.54, 1.807) is 12.3 Å². The number of nitrogens with zero attached hydrogens (tertiary/aromatic N) is 3. The lowest BCUT2D eigenvalue weighted by Crippen LogP contribution is -2.15. The summed E-state index contributed by atoms with van der Waals surface area (Å²) in [6, 6.07) is 12.2. The Morgan fingerprint density at radius 1 is 1.14 bits per heavy atom. The molecule has 0 atom stereocenters. The molecule has 0 bridgehead atoms. The van der Waals surface area contributed by atoms with Crippen molar-refractivity contribution in [1.82, 2.24) is 24.3 Å². The first kappa shape index (κ1) is 17.4. The summed E-state index contributed by atoms with van der Waals surface area (Å²) in [7, 11) is 0. The largest absolute Gasteiger partial charge is 0.396 e. The second-order valence-corrected chi connectivity index (χ2v) is 6.88. The van der Waals surface area contributed by atoms with Crippen LogP contribution in [0.4, 0.5) is 4.39 Å². The van der Waals surface area contributed by atoms with Crippen molar-refractivity contribution in [3.8, 4) is 17.1 Å². The van der Waals surface area contributed by atoms with Crippen molar-refractivity contribution in [2.45, 2.75) is 13.0 Å². The molecule has 0 radical (unpaired) electrons. The highest BCUT2D eigenvalue weighted by molar-refractivity contribution is 5.95. The van der Waals surface area contributed by atoms with Gasteiger partial charge < -0.3 is 14.7 Å². The number of aromatic amines is 2. The van der Waals surface area contributed by atoms with E-state index in [1.165, 1.54) is 16.7 Å². The number of aryl methyl sites for hydroxylation is 1. The van der Waals surface area contributed by atoms with E-state index in [0.717, 1.165) is 22.0 Å². The monoisotopic (exact) mass is 391 g/mol. The van der Waals surface area contributed by atoms with Gasteiger partial charge in [0.2, 0.25) is 0 Å². The average Bonchev–Trinajstić information content (AvgIpc) is 3.41. The Kier molecular flexibility index (Phi) is 4.06. The number of nitrogens with one attached hydrogen (secondary N) is 2. The van der Waals surface area contributed by atoms with E-state index < -0.39 is 5.69 Å². The molecular weight excluding hydrogens is 373 g/mol. The van der Waals surface area contributed by atoms with Gasteiger partial charge in [0.15, 0.2) is 5.82 Å². The minimum Gasteiger partial charge on any atom is -0.396 e. The predicted molar refractivity (Wildman–Crippen MR) is 109 cm³/mol. The number of H-pyrrole nitrogens is 2. The number of hydrogen-bond donors (Lipinski definition) is 3. The number of para-hydroxylation sites is 1. The molecule has 8 heteroatoms. The summed E-state index contributed by atoms with van der Waals surface area (Å²) in [5, 5.41) is 17.5. The van der Waals surface area contributed by atoms with Gasteiger partial charge >= 0.3 is 5.69 Å². The first-order valence-corrected chi connectivity index (χ1v) is 9.31. The van der Waals surface area contributed by atoms with Gasteiger partial charge in [-0.25, -0.2) is 18.9 Å². The van der Waals surface area contributed by atoms with Crippen LogP contribution in [0.5, 0.6) is 0 Å². The van der Waals surface area contributed by atoms with E-state index in [9.17, 15) is 14.3 Å². The smallest absolute Gasteiger partial charge is 0.348 e. The van der Waals surface area contributed by atoms with Crippen LogP contribution < -0.4 is 5.69 Å². The Morgan fingerprint density at radius 2 is 2.00 bits per heavy atom. The summed E-state index contributed by atoms with van der Waals surface area (Å²) < 4.78 is 17.4. The molecule has 3 N–H and O–H groups in total. The van der Waals surface area contributed by atoms with Crippen molar-refractivity contribution >= 4 is 21.8 Å². The number of halogens is 1. The topological polar surface area (TPSA) is 91.6 Å². The van der Waals surface area contributed by atoms with E-state index >= 15 is 0 Å². The van der Waals surface area contributed by atoms with Gasteiger partial charge in [0.05, 0.1) is 11.2 Å². The van der Waals surface area contributed by atoms with Gasteiger partial charge in [-0.3, -0.25) is 0 Å². The molecule has 0 saturated heterocycles. The van der Waals surface area contributed by atoms with Gasteiger partial charge in [0, 0.05) is 47.4 Å². The molecule has 5 rings (SSSR count). The summed E-state index contributed by atoms with van der Waals surface area (Å²) >= 11 is 0. The van der Waals surface area contributed by atoms with Crippen LogP contribution in [0.15, 0.2) is 59.7 Å². The normalized spacial score (nSPS) is 11.7. The molecule has 3 heterocycles. The highest BCUT2D eigenvalue weighted by atomic mass is 19.1. The molecule has 0 aliphatic heterocycles. The molecule has 146 valence electrons. The van der Waals surface area contributed by atoms with Crippen molar-refractivity contribution in [1.29, 1.82) is 0 Å². The van der Waals surface area contributed by atoms with Crippen molar-refractivity contribution < 1.29 is 9.50 Å². The second-order valence-electron chi connectivity index (χ2n) is 6.88. The van der Waals surface area contributed by atoms with Gasteiger partial charge in [-0.1, -0.05) is 18.2 Å². The van der Waals surface area contributed by atoms with Crippen LogP contribution in [0.1, 0.15) is 6.42 Å². The van der Waals surface area contributed by atoms with E-state index in [2.05, 4.69) is 15.2 Å². The molecule has 2 aromatic carbocycles. The van der Waals surface area contributed by atoms with Gasteiger partial charge in [0.25, 0.3) is 0 Å². The third-order valence-electron chi connectivity index (χ3n) is 5.12. The predicted octanol–water partition coefficient (Wildman–Crippen LogP) is 3.19. The Balaban J connectivity index is 1.77. The first-order chi connectivity index (χ1) is 14.2. The number of aromatic nitrogens is 5. The van der Waals surface area contributed by atoms with Crippen LogP contribution in [-0.2, 0) is 6.54 Å². The fourth-order valence-electron chi connectivity index (χ4n) is 3.81. The first-order valence-electron chi connectivity index (χ1n) is 9.31. The van der Waals surface area contributed by atoms with Gasteiger partial charge in [-0.15, -0.1) is 0 Å². The van der Waals surface area contributed by atoms with E-state index in [-0.39, 0.29) is 12.4 Å². The number of hydrogen-bond acceptors (Lipinski definition) is 3. The van der Waals surface area contributed by atoms with E-state index in [4.69, 9.17) is 0 Å². The lowest BCUT2D eigenvalue weighted by atomic mass is 10.1. The number of benzene rings is 2. The Morgan fingerprint density at radius 3 is 2.86 bits per heavy atom. The van der Waals surface area contributed by atoms with Crippen molar-refractivity contribution in [2.24, 2.45) is 0 Å². The van der Waals surface area contributed by atoms with Crippen LogP contribution in [0.3, 0.4) is 0 Å². The number of fused-ring (bicyclic) bond motifs is 2. The molecule has 0 aliphatic carbocycles. The zero-order valence-corrected chi connectivity index (χ0v) is 15.4. The molecule has 3 aromatic heterocycles. The lowest BCUT2D eigenvalue weighted by Gasteiger charge is -2.04. The maximum Gasteiger partial charge on any atom is 0.348 e. The maximum atomic E-state index is 14.0. The molecule has 0 aliphatic rings. The third-order valence-corrected chi connectivity index (χ3v) is 5.12. The van der Waals surface area contributed by atoms with Gasteiger partial charge in [0.1, 0.15) is 5.82 Å². The van der Waals surface area contributed by atoms with Crippen LogP contribution in [0.2, 0.25) is 0 Å². The molecular formula is C21H18FN5O2. The molecule has 0 saturated carbocycles. The fourth-order valence-corrected chi connectivity index (χ4v) is 3.81. The minimum absolute atomic E-state index is 0.0441. The fraction of sp³-hybridized carbons (Fsp3) is 0.143. The van der Waals surface area contributed by atoms with Crippen molar-refractivity contribution in [3.05, 3.63) is 71.2 Å². The van der Waals surface area contributed by atoms with E-state index in [1.807, 2.05) is 35.0 Å². The Hall–Kier alpha value is -3.65. The standard InChI is InChI=1S/C21H18FN5O2/c22-13-6-7-18-15(10-13)19(12-26(18)8-3-9-28)27-20(24-25-21(27)29)16-11-23-17-5-2-1-4-14(16)17/h1-2,4-7,10-12,23,28H,3,8-9H2,(H,25,29). The molecule has 7 nitrogen and oxygen atoms in total. The zero-order chi connectivity index (χ0) is 20.0. The summed E-state index contributed by atoms with van der Waals surface area (Å²) in [5.41, 5.74) is 2.62. The highest BCUT2D eigenvalue weighted by Gasteiger charge is 2.20. The highest BCUT2D eigenvalue weighted by Crippen LogP contribution is 2.31. The van der Waals surface area contributed by atoms with Crippen LogP contribution >= 0.6 is 0 Å². The summed E-state index contributed by atoms with van der Waals surface area (Å²) in [4.78, 5) is 15.9. The van der Waals surface area contributed by atoms with Crippen LogP contribution in [-0.4, -0.2) is 36.0 Å². The molecule has 0 spiro atoms. The van der Waals surface area contributed by atoms with Crippen LogP contribution in [0.25, 0.3) is 38.9 Å². The van der Waals surface area contributed by atoms with Gasteiger partial charge in [-0.05, 0) is 30.7 Å². The Bertz CT molecular complexity index is 1390. The molecule has 5 aromatic rings. The third kappa shape index (κ3) is 2.76.